The second kappa shape index (κ2) is 9.36. The highest BCUT2D eigenvalue weighted by Gasteiger charge is 2.40. The van der Waals surface area contributed by atoms with Crippen molar-refractivity contribution in [2.45, 2.75) is 82.9 Å². The molecule has 1 aromatic carbocycles. The van der Waals surface area contributed by atoms with Crippen molar-refractivity contribution in [2.24, 2.45) is 29.6 Å². The van der Waals surface area contributed by atoms with E-state index in [1.165, 1.54) is 69.9 Å². The van der Waals surface area contributed by atoms with E-state index in [4.69, 9.17) is 0 Å². The van der Waals surface area contributed by atoms with Crippen LogP contribution in [0.5, 0.6) is 5.75 Å². The van der Waals surface area contributed by atoms with E-state index in [0.29, 0.717) is 5.92 Å². The van der Waals surface area contributed by atoms with Gasteiger partial charge in [0.2, 0.25) is 0 Å². The number of allylic oxidation sites excluding steroid dienone is 1. The molecule has 0 amide bonds. The molecule has 0 bridgehead atoms. The maximum Gasteiger partial charge on any atom is 0.573 e. The quantitative estimate of drug-likeness (QED) is 0.436. The summed E-state index contributed by atoms with van der Waals surface area (Å²) < 4.78 is 41.0. The molecule has 3 fully saturated rings. The van der Waals surface area contributed by atoms with Crippen LogP contribution < -0.4 is 4.74 Å². The summed E-state index contributed by atoms with van der Waals surface area (Å²) in [6.07, 6.45) is 12.0. The van der Waals surface area contributed by atoms with Crippen molar-refractivity contribution in [1.29, 1.82) is 0 Å². The van der Waals surface area contributed by atoms with Gasteiger partial charge in [0.1, 0.15) is 5.75 Å². The Labute approximate surface area is 179 Å². The highest BCUT2D eigenvalue weighted by molar-refractivity contribution is 5.29. The minimum atomic E-state index is -4.62. The topological polar surface area (TPSA) is 9.23 Å². The van der Waals surface area contributed by atoms with E-state index in [9.17, 15) is 13.2 Å². The van der Waals surface area contributed by atoms with Crippen molar-refractivity contribution in [3.8, 4) is 5.75 Å². The van der Waals surface area contributed by atoms with Crippen molar-refractivity contribution in [3.05, 3.63) is 42.5 Å². The van der Waals surface area contributed by atoms with Gasteiger partial charge in [0.15, 0.2) is 0 Å². The van der Waals surface area contributed by atoms with E-state index in [2.05, 4.69) is 17.4 Å². The second-order valence-electron chi connectivity index (χ2n) is 10.0. The van der Waals surface area contributed by atoms with E-state index in [0.717, 1.165) is 48.0 Å². The summed E-state index contributed by atoms with van der Waals surface area (Å²) in [7, 11) is 0. The molecule has 4 rings (SSSR count). The summed E-state index contributed by atoms with van der Waals surface area (Å²) in [4.78, 5) is 0. The van der Waals surface area contributed by atoms with Crippen molar-refractivity contribution in [2.75, 3.05) is 0 Å². The summed E-state index contributed by atoms with van der Waals surface area (Å²) in [6, 6.07) is 6.55. The van der Waals surface area contributed by atoms with E-state index < -0.39 is 6.36 Å². The van der Waals surface area contributed by atoms with E-state index in [-0.39, 0.29) is 5.75 Å². The number of alkyl halides is 3. The highest BCUT2D eigenvalue weighted by atomic mass is 19.4. The van der Waals surface area contributed by atoms with Gasteiger partial charge >= 0.3 is 6.36 Å². The van der Waals surface area contributed by atoms with E-state index in [1.807, 2.05) is 12.1 Å². The second-order valence-corrected chi connectivity index (χ2v) is 10.0. The first-order chi connectivity index (χ1) is 14.4. The molecular formula is C26H35F3O. The Kier molecular flexibility index (Phi) is 6.79. The van der Waals surface area contributed by atoms with Crippen LogP contribution in [-0.2, 0) is 0 Å². The molecule has 166 valence electrons. The number of ether oxygens (including phenoxy) is 1. The molecule has 0 N–H and O–H groups in total. The van der Waals surface area contributed by atoms with Crippen LogP contribution in [0.25, 0.3) is 0 Å². The molecule has 1 aromatic rings. The average Bonchev–Trinajstić information content (AvgIpc) is 3.04. The third-order valence-corrected chi connectivity index (χ3v) is 8.29. The zero-order valence-corrected chi connectivity index (χ0v) is 17.9. The van der Waals surface area contributed by atoms with Gasteiger partial charge in [-0.1, -0.05) is 18.2 Å². The first-order valence-corrected chi connectivity index (χ1v) is 11.9. The number of rotatable bonds is 5. The standard InChI is InChI=1S/C26H35F3O/c1-2-3-18-4-6-22-16-24(17-23(22)7-5-18)21-10-8-19(9-11-21)20-12-14-25(15-13-20)30-26(27,28)29/h2,12-15,18-19,21-24H,1,3-11,16-17H2. The molecule has 1 nitrogen and oxygen atoms in total. The molecule has 2 atom stereocenters. The van der Waals surface area contributed by atoms with Gasteiger partial charge in [-0.2, -0.15) is 0 Å². The van der Waals surface area contributed by atoms with Crippen molar-refractivity contribution in [1.82, 2.24) is 0 Å². The SMILES string of the molecule is C=CCC1CCC2CC(C3CCC(c4ccc(OC(F)(F)F)cc4)CC3)CC2CC1. The summed E-state index contributed by atoms with van der Waals surface area (Å²) >= 11 is 0. The van der Waals surface area contributed by atoms with Crippen LogP contribution in [0.15, 0.2) is 36.9 Å². The molecule has 0 spiro atoms. The lowest BCUT2D eigenvalue weighted by atomic mass is 9.73. The Morgan fingerprint density at radius 1 is 0.800 bits per heavy atom. The Hall–Kier alpha value is -1.45. The minimum Gasteiger partial charge on any atom is -0.406 e. The summed E-state index contributed by atoms with van der Waals surface area (Å²) in [5.74, 6) is 4.87. The molecule has 30 heavy (non-hydrogen) atoms. The number of benzene rings is 1. The molecule has 3 aliphatic rings. The predicted molar refractivity (Wildman–Crippen MR) is 114 cm³/mol. The normalized spacial score (nSPS) is 34.8. The Morgan fingerprint density at radius 3 is 1.90 bits per heavy atom. The monoisotopic (exact) mass is 420 g/mol. The van der Waals surface area contributed by atoms with Gasteiger partial charge in [0.25, 0.3) is 0 Å². The zero-order chi connectivity index (χ0) is 21.1. The van der Waals surface area contributed by atoms with Crippen LogP contribution in [0.4, 0.5) is 13.2 Å². The third-order valence-electron chi connectivity index (χ3n) is 8.29. The molecule has 0 saturated heterocycles. The minimum absolute atomic E-state index is 0.125. The van der Waals surface area contributed by atoms with Crippen LogP contribution in [0.3, 0.4) is 0 Å². The first kappa shape index (κ1) is 21.8. The van der Waals surface area contributed by atoms with Crippen LogP contribution >= 0.6 is 0 Å². The van der Waals surface area contributed by atoms with Crippen LogP contribution in [0.2, 0.25) is 0 Å². The lowest BCUT2D eigenvalue weighted by Crippen LogP contribution is -2.20. The molecule has 2 unspecified atom stereocenters. The third kappa shape index (κ3) is 5.42. The van der Waals surface area contributed by atoms with Gasteiger partial charge in [0, 0.05) is 0 Å². The predicted octanol–water partition coefficient (Wildman–Crippen LogP) is 8.27. The summed E-state index contributed by atoms with van der Waals surface area (Å²) in [5.41, 5.74) is 1.16. The highest BCUT2D eigenvalue weighted by Crippen LogP contribution is 2.51. The fourth-order valence-electron chi connectivity index (χ4n) is 6.73. The maximum atomic E-state index is 12.3. The molecule has 3 aliphatic carbocycles. The lowest BCUT2D eigenvalue weighted by molar-refractivity contribution is -0.274. The van der Waals surface area contributed by atoms with Gasteiger partial charge < -0.3 is 4.74 Å². The van der Waals surface area contributed by atoms with Gasteiger partial charge in [0.05, 0.1) is 0 Å². The molecule has 0 radical (unpaired) electrons. The van der Waals surface area contributed by atoms with Crippen LogP contribution in [-0.4, -0.2) is 6.36 Å². The number of hydrogen-bond donors (Lipinski definition) is 0. The van der Waals surface area contributed by atoms with Crippen LogP contribution in [0.1, 0.15) is 82.1 Å². The Bertz CT molecular complexity index is 671. The Balaban J connectivity index is 1.26. The molecule has 0 heterocycles. The average molecular weight is 421 g/mol. The smallest absolute Gasteiger partial charge is 0.406 e. The van der Waals surface area contributed by atoms with Crippen molar-refractivity contribution >= 4 is 0 Å². The van der Waals surface area contributed by atoms with E-state index >= 15 is 0 Å². The van der Waals surface area contributed by atoms with Gasteiger partial charge in [-0.15, -0.1) is 19.8 Å². The summed E-state index contributed by atoms with van der Waals surface area (Å²) in [5, 5.41) is 0. The van der Waals surface area contributed by atoms with E-state index in [1.54, 1.807) is 0 Å². The molecular weight excluding hydrogens is 385 g/mol. The maximum absolute atomic E-state index is 12.3. The molecule has 0 aromatic heterocycles. The largest absolute Gasteiger partial charge is 0.573 e. The van der Waals surface area contributed by atoms with Gasteiger partial charge in [-0.25, -0.2) is 0 Å². The zero-order valence-electron chi connectivity index (χ0n) is 17.9. The van der Waals surface area contributed by atoms with Gasteiger partial charge in [-0.3, -0.25) is 0 Å². The summed E-state index contributed by atoms with van der Waals surface area (Å²) in [6.45, 7) is 3.93. The lowest BCUT2D eigenvalue weighted by Gasteiger charge is -2.33. The number of halogens is 3. The fourth-order valence-corrected chi connectivity index (χ4v) is 6.73. The van der Waals surface area contributed by atoms with Crippen molar-refractivity contribution in [3.63, 3.8) is 0 Å². The molecule has 4 heteroatoms. The number of hydrogen-bond acceptors (Lipinski definition) is 1. The Morgan fingerprint density at radius 2 is 1.37 bits per heavy atom. The van der Waals surface area contributed by atoms with Crippen LogP contribution in [0, 0.1) is 29.6 Å². The molecule has 0 aliphatic heterocycles. The fraction of sp³-hybridized carbons (Fsp3) is 0.692. The number of fused-ring (bicyclic) bond motifs is 1. The first-order valence-electron chi connectivity index (χ1n) is 11.9. The van der Waals surface area contributed by atoms with Crippen molar-refractivity contribution < 1.29 is 17.9 Å². The molecule has 3 saturated carbocycles. The van der Waals surface area contributed by atoms with Gasteiger partial charge in [-0.05, 0) is 124 Å².